The summed E-state index contributed by atoms with van der Waals surface area (Å²) in [6.45, 7) is 5.41. The molecule has 1 unspecified atom stereocenters. The van der Waals surface area contributed by atoms with Crippen LogP contribution in [0.4, 0.5) is 0 Å². The number of hydrogen-bond acceptors (Lipinski definition) is 5. The fourth-order valence-electron chi connectivity index (χ4n) is 2.54. The smallest absolute Gasteiger partial charge is 0.187 e. The molecule has 0 saturated carbocycles. The molecule has 5 atom stereocenters. The highest BCUT2D eigenvalue weighted by atomic mass is 16.8. The van der Waals surface area contributed by atoms with Crippen molar-refractivity contribution in [3.05, 3.63) is 0 Å². The zero-order chi connectivity index (χ0) is 11.9. The van der Waals surface area contributed by atoms with E-state index in [1.165, 1.54) is 0 Å². The summed E-state index contributed by atoms with van der Waals surface area (Å²) in [6, 6.07) is 0. The minimum absolute atomic E-state index is 0.0638. The van der Waals surface area contributed by atoms with Crippen molar-refractivity contribution in [1.82, 2.24) is 0 Å². The third-order valence-corrected chi connectivity index (χ3v) is 3.26. The molecular weight excluding hydrogens is 212 g/mol. The number of aliphatic hydroxyl groups is 2. The Balaban J connectivity index is 2.09. The molecular formula is C11H20O5. The van der Waals surface area contributed by atoms with Crippen LogP contribution in [0.2, 0.25) is 0 Å². The lowest BCUT2D eigenvalue weighted by Gasteiger charge is -2.27. The number of hydrogen-bond donors (Lipinski definition) is 2. The summed E-state index contributed by atoms with van der Waals surface area (Å²) in [5.74, 6) is -0.563. The van der Waals surface area contributed by atoms with Gasteiger partial charge in [0, 0.05) is 5.92 Å². The van der Waals surface area contributed by atoms with Crippen LogP contribution in [0, 0.1) is 5.92 Å². The maximum Gasteiger partial charge on any atom is 0.187 e. The van der Waals surface area contributed by atoms with E-state index in [1.54, 1.807) is 0 Å². The highest BCUT2D eigenvalue weighted by molar-refractivity contribution is 4.94. The van der Waals surface area contributed by atoms with Gasteiger partial charge < -0.3 is 24.4 Å². The average Bonchev–Trinajstić information content (AvgIpc) is 2.68. The zero-order valence-electron chi connectivity index (χ0n) is 9.92. The Morgan fingerprint density at radius 3 is 2.56 bits per heavy atom. The predicted octanol–water partition coefficient (Wildman–Crippen LogP) is 0.242. The predicted molar refractivity (Wildman–Crippen MR) is 55.6 cm³/mol. The molecule has 0 aromatic rings. The molecule has 5 heteroatoms. The standard InChI is InChI=1S/C11H20O5/c1-4-6-8(7(13)5-12)14-10-9(6)15-11(2,3)16-10/h6-10,12-13H,4-5H2,1-3H3/t6-,7?,8+,9-,10-/m1/s1. The molecule has 2 N–H and O–H groups in total. The van der Waals surface area contributed by atoms with Crippen LogP contribution < -0.4 is 0 Å². The van der Waals surface area contributed by atoms with Crippen LogP contribution in [0.15, 0.2) is 0 Å². The Hall–Kier alpha value is -0.200. The molecule has 0 aromatic heterocycles. The Morgan fingerprint density at radius 1 is 1.31 bits per heavy atom. The summed E-state index contributed by atoms with van der Waals surface area (Å²) in [5.41, 5.74) is 0. The van der Waals surface area contributed by atoms with Gasteiger partial charge in [-0.1, -0.05) is 6.92 Å². The first-order valence-corrected chi connectivity index (χ1v) is 5.78. The van der Waals surface area contributed by atoms with Gasteiger partial charge in [-0.3, -0.25) is 0 Å². The van der Waals surface area contributed by atoms with Crippen molar-refractivity contribution in [2.24, 2.45) is 5.92 Å². The summed E-state index contributed by atoms with van der Waals surface area (Å²) < 4.78 is 17.0. The van der Waals surface area contributed by atoms with E-state index in [0.29, 0.717) is 0 Å². The van der Waals surface area contributed by atoms with Crippen molar-refractivity contribution in [2.75, 3.05) is 6.61 Å². The normalized spacial score (nSPS) is 43.3. The first-order chi connectivity index (χ1) is 7.48. The van der Waals surface area contributed by atoms with Crippen LogP contribution in [0.3, 0.4) is 0 Å². The molecule has 0 radical (unpaired) electrons. The van der Waals surface area contributed by atoms with Gasteiger partial charge in [0.05, 0.1) is 12.7 Å². The summed E-state index contributed by atoms with van der Waals surface area (Å²) in [4.78, 5) is 0. The Labute approximate surface area is 95.3 Å². The van der Waals surface area contributed by atoms with E-state index in [2.05, 4.69) is 0 Å². The summed E-state index contributed by atoms with van der Waals surface area (Å²) >= 11 is 0. The molecule has 2 aliphatic heterocycles. The number of fused-ring (bicyclic) bond motifs is 1. The van der Waals surface area contributed by atoms with E-state index in [1.807, 2.05) is 20.8 Å². The molecule has 0 amide bonds. The second-order valence-electron chi connectivity index (χ2n) is 4.89. The lowest BCUT2D eigenvalue weighted by molar-refractivity contribution is -0.222. The Morgan fingerprint density at radius 2 is 2.00 bits per heavy atom. The lowest BCUT2D eigenvalue weighted by atomic mass is 9.92. The molecule has 16 heavy (non-hydrogen) atoms. The molecule has 5 nitrogen and oxygen atoms in total. The van der Waals surface area contributed by atoms with Crippen molar-refractivity contribution < 1.29 is 24.4 Å². The first kappa shape index (κ1) is 12.3. The molecule has 0 aliphatic carbocycles. The second kappa shape index (κ2) is 4.23. The molecule has 0 spiro atoms. The van der Waals surface area contributed by atoms with Crippen molar-refractivity contribution in [3.8, 4) is 0 Å². The van der Waals surface area contributed by atoms with Gasteiger partial charge in [0.25, 0.3) is 0 Å². The van der Waals surface area contributed by atoms with E-state index in [-0.39, 0.29) is 18.6 Å². The minimum atomic E-state index is -0.870. The lowest BCUT2D eigenvalue weighted by Crippen LogP contribution is -2.38. The first-order valence-electron chi connectivity index (χ1n) is 5.78. The summed E-state index contributed by atoms with van der Waals surface area (Å²) in [5, 5.41) is 18.6. The fourth-order valence-corrected chi connectivity index (χ4v) is 2.54. The summed E-state index contributed by atoms with van der Waals surface area (Å²) in [6.07, 6.45) is -1.02. The third-order valence-electron chi connectivity index (χ3n) is 3.26. The number of ether oxygens (including phenoxy) is 3. The largest absolute Gasteiger partial charge is 0.394 e. The van der Waals surface area contributed by atoms with Crippen molar-refractivity contribution in [2.45, 2.75) is 57.6 Å². The summed E-state index contributed by atoms with van der Waals surface area (Å²) in [7, 11) is 0. The molecule has 94 valence electrons. The van der Waals surface area contributed by atoms with Gasteiger partial charge in [-0.2, -0.15) is 0 Å². The van der Waals surface area contributed by atoms with Crippen molar-refractivity contribution >= 4 is 0 Å². The minimum Gasteiger partial charge on any atom is -0.394 e. The van der Waals surface area contributed by atoms with Crippen LogP contribution in [-0.4, -0.2) is 47.2 Å². The van der Waals surface area contributed by atoms with Gasteiger partial charge in [0.15, 0.2) is 12.1 Å². The van der Waals surface area contributed by atoms with E-state index < -0.39 is 24.3 Å². The molecule has 2 heterocycles. The van der Waals surface area contributed by atoms with E-state index in [9.17, 15) is 5.11 Å². The molecule has 2 fully saturated rings. The maximum atomic E-state index is 9.66. The van der Waals surface area contributed by atoms with Gasteiger partial charge >= 0.3 is 0 Å². The van der Waals surface area contributed by atoms with E-state index in [0.717, 1.165) is 6.42 Å². The van der Waals surface area contributed by atoms with Crippen molar-refractivity contribution in [1.29, 1.82) is 0 Å². The monoisotopic (exact) mass is 232 g/mol. The third kappa shape index (κ3) is 1.98. The van der Waals surface area contributed by atoms with Gasteiger partial charge in [-0.05, 0) is 20.3 Å². The quantitative estimate of drug-likeness (QED) is 0.729. The van der Waals surface area contributed by atoms with Gasteiger partial charge in [0.2, 0.25) is 0 Å². The topological polar surface area (TPSA) is 68.2 Å². The second-order valence-corrected chi connectivity index (χ2v) is 4.89. The van der Waals surface area contributed by atoms with Gasteiger partial charge in [-0.25, -0.2) is 0 Å². The van der Waals surface area contributed by atoms with E-state index in [4.69, 9.17) is 19.3 Å². The molecule has 0 bridgehead atoms. The highest BCUT2D eigenvalue weighted by Crippen LogP contribution is 2.42. The molecule has 2 rings (SSSR count). The number of aliphatic hydroxyl groups excluding tert-OH is 2. The zero-order valence-corrected chi connectivity index (χ0v) is 9.92. The molecule has 0 aromatic carbocycles. The fraction of sp³-hybridized carbons (Fsp3) is 1.00. The van der Waals surface area contributed by atoms with E-state index >= 15 is 0 Å². The Bertz CT molecular complexity index is 255. The SMILES string of the molecule is CC[C@H]1[C@H]2OC(C)(C)O[C@H]2O[C@@H]1C(O)CO. The van der Waals surface area contributed by atoms with Crippen LogP contribution in [0.5, 0.6) is 0 Å². The van der Waals surface area contributed by atoms with Crippen LogP contribution in [-0.2, 0) is 14.2 Å². The van der Waals surface area contributed by atoms with Crippen LogP contribution in [0.25, 0.3) is 0 Å². The Kier molecular flexibility index (Phi) is 3.25. The maximum absolute atomic E-state index is 9.66. The number of rotatable bonds is 3. The van der Waals surface area contributed by atoms with Crippen LogP contribution in [0.1, 0.15) is 27.2 Å². The van der Waals surface area contributed by atoms with Crippen LogP contribution >= 0.6 is 0 Å². The average molecular weight is 232 g/mol. The molecule has 2 aliphatic rings. The van der Waals surface area contributed by atoms with Gasteiger partial charge in [-0.15, -0.1) is 0 Å². The van der Waals surface area contributed by atoms with Gasteiger partial charge in [0.1, 0.15) is 12.2 Å². The molecule has 2 saturated heterocycles. The van der Waals surface area contributed by atoms with Crippen molar-refractivity contribution in [3.63, 3.8) is 0 Å². The highest BCUT2D eigenvalue weighted by Gasteiger charge is 2.55.